The van der Waals surface area contributed by atoms with Crippen molar-refractivity contribution in [2.75, 3.05) is 0 Å². The van der Waals surface area contributed by atoms with Crippen molar-refractivity contribution >= 4 is 77.4 Å². The number of rotatable bonds is 8. The molecular weight excluding hydrogens is 728 g/mol. The number of hydrogen-bond acceptors (Lipinski definition) is 8. The number of phenols is 2. The van der Waals surface area contributed by atoms with Crippen molar-refractivity contribution in [2.45, 2.75) is 130 Å². The van der Waals surface area contributed by atoms with E-state index in [0.29, 0.717) is 11.5 Å². The fourth-order valence-corrected chi connectivity index (χ4v) is 10.8. The fourth-order valence-electron chi connectivity index (χ4n) is 5.30. The Morgan fingerprint density at radius 2 is 0.918 bits per heavy atom. The molecule has 0 spiro atoms. The van der Waals surface area contributed by atoms with Gasteiger partial charge < -0.3 is 30.0 Å². The van der Waals surface area contributed by atoms with E-state index >= 15 is 0 Å². The molecule has 1 saturated carbocycles. The van der Waals surface area contributed by atoms with Gasteiger partial charge in [0.2, 0.25) is 0 Å². The molecule has 2 atom stereocenters. The number of carboxylic acids is 2. The van der Waals surface area contributed by atoms with E-state index < -0.39 is 44.2 Å². The topological polar surface area (TPSA) is 145 Å². The van der Waals surface area contributed by atoms with Crippen LogP contribution in [0.5, 0.6) is 11.5 Å². The van der Waals surface area contributed by atoms with E-state index in [-0.39, 0.29) is 28.9 Å². The van der Waals surface area contributed by atoms with Crippen LogP contribution in [0.25, 0.3) is 0 Å². The van der Waals surface area contributed by atoms with Crippen molar-refractivity contribution in [3.63, 3.8) is 0 Å². The molecule has 13 heteroatoms. The van der Waals surface area contributed by atoms with Gasteiger partial charge in [-0.15, -0.1) is 0 Å². The van der Waals surface area contributed by atoms with Crippen LogP contribution in [-0.2, 0) is 26.4 Å². The van der Waals surface area contributed by atoms with Gasteiger partial charge in [0.1, 0.15) is 11.5 Å². The Bertz CT molecular complexity index is 1370. The van der Waals surface area contributed by atoms with Crippen molar-refractivity contribution in [1.82, 2.24) is 0 Å². The summed E-state index contributed by atoms with van der Waals surface area (Å²) in [5.41, 5.74) is 1.74. The molecule has 1 aliphatic carbocycles. The molecule has 2 aromatic carbocycles. The van der Waals surface area contributed by atoms with Gasteiger partial charge in [-0.1, -0.05) is 113 Å². The van der Waals surface area contributed by atoms with Crippen LogP contribution in [0.3, 0.4) is 0 Å². The van der Waals surface area contributed by atoms with Crippen LogP contribution in [0, 0.1) is 0 Å². The van der Waals surface area contributed by atoms with Crippen LogP contribution in [0.4, 0.5) is 0 Å². The van der Waals surface area contributed by atoms with Crippen LogP contribution in [0.15, 0.2) is 34.3 Å². The van der Waals surface area contributed by atoms with Crippen molar-refractivity contribution in [3.8, 4) is 11.5 Å². The summed E-state index contributed by atoms with van der Waals surface area (Å²) in [5, 5.41) is 45.2. The molecule has 2 aromatic rings. The average molecular weight is 788 g/mol. The zero-order valence-corrected chi connectivity index (χ0v) is 37.2. The normalized spacial score (nSPS) is 17.0. The summed E-state index contributed by atoms with van der Waals surface area (Å²) in [7, 11) is -6.49. The second kappa shape index (κ2) is 18.8. The Balaban J connectivity index is 0.00000230. The van der Waals surface area contributed by atoms with Crippen molar-refractivity contribution in [3.05, 3.63) is 35.4 Å². The number of carboxylic acid groups (broad SMARTS) is 2. The minimum absolute atomic E-state index is 0. The molecule has 0 heterocycles. The summed E-state index contributed by atoms with van der Waals surface area (Å²) in [4.78, 5) is 27.8. The first-order chi connectivity index (χ1) is 21.6. The third kappa shape index (κ3) is 16.1. The molecule has 1 fully saturated rings. The minimum Gasteiger partial charge on any atom is -0.550 e. The van der Waals surface area contributed by atoms with E-state index in [1.165, 1.54) is 10.4 Å². The van der Waals surface area contributed by atoms with Gasteiger partial charge in [0, 0.05) is 35.5 Å². The van der Waals surface area contributed by atoms with E-state index in [1.54, 1.807) is 0 Å². The van der Waals surface area contributed by atoms with E-state index in [1.807, 2.05) is 12.4 Å². The molecule has 0 aromatic heterocycles. The van der Waals surface area contributed by atoms with Crippen LogP contribution in [0.2, 0.25) is 78.6 Å². The van der Waals surface area contributed by atoms with Gasteiger partial charge in [0.05, 0.1) is 44.4 Å². The Kier molecular flexibility index (Phi) is 17.9. The average Bonchev–Trinajstić information content (AvgIpc) is 2.89. The first-order valence-corrected chi connectivity index (χ1v) is 30.8. The van der Waals surface area contributed by atoms with Gasteiger partial charge in [-0.05, 0) is 49.9 Å². The molecule has 0 bridgehead atoms. The van der Waals surface area contributed by atoms with Crippen molar-refractivity contribution in [1.29, 1.82) is 0 Å². The fraction of sp³-hybridized carbons (Fsp3) is 0.556. The second-order valence-electron chi connectivity index (χ2n) is 16.9. The van der Waals surface area contributed by atoms with Gasteiger partial charge in [0.25, 0.3) is 0 Å². The molecule has 0 aliphatic heterocycles. The van der Waals surface area contributed by atoms with E-state index in [0.717, 1.165) is 61.0 Å². The predicted octanol–water partition coefficient (Wildman–Crippen LogP) is 3.64. The minimum atomic E-state index is -1.70. The Morgan fingerprint density at radius 3 is 1.16 bits per heavy atom. The van der Waals surface area contributed by atoms with E-state index in [4.69, 9.17) is 29.8 Å². The molecule has 0 saturated heterocycles. The quantitative estimate of drug-likeness (QED) is 0.309. The number of carbonyl (C=O) groups excluding carboxylic acids is 2. The first-order valence-electron chi connectivity index (χ1n) is 16.8. The smallest absolute Gasteiger partial charge is 0.550 e. The standard InChI is InChI=1S/C32H54N2O2Si4.2C2H4O2.Co/c1-37(2,3)27-16-23(31(35)29(19-27)39(7,8)9)21-33-25-14-13-15-26(18-25)34-22-24-17-28(38(4,5)6)20-30(32(24)36)40(10,11)12;2*1-2(3)4;/h16-17,19-22,25-26,35-36H,13-15,18H2,1-12H3;2*1H3,(H,3,4);/q;;;+2/p-2. The summed E-state index contributed by atoms with van der Waals surface area (Å²) in [6, 6.07) is 9.30. The number of benzene rings is 2. The Labute approximate surface area is 309 Å². The third-order valence-corrected chi connectivity index (χ3v) is 16.1. The maximum absolute atomic E-state index is 11.2. The van der Waals surface area contributed by atoms with Crippen molar-refractivity contribution < 1.29 is 46.8 Å². The molecule has 49 heavy (non-hydrogen) atoms. The van der Waals surface area contributed by atoms with Crippen LogP contribution in [0.1, 0.15) is 50.7 Å². The summed E-state index contributed by atoms with van der Waals surface area (Å²) in [5.74, 6) is -1.32. The monoisotopic (exact) mass is 787 g/mol. The second-order valence-corrected chi connectivity index (χ2v) is 37.2. The molecule has 275 valence electrons. The van der Waals surface area contributed by atoms with Crippen LogP contribution in [-0.4, -0.2) is 79.0 Å². The maximum Gasteiger partial charge on any atom is 2.00 e. The van der Waals surface area contributed by atoms with Gasteiger partial charge in [-0.2, -0.15) is 0 Å². The van der Waals surface area contributed by atoms with Gasteiger partial charge in [-0.25, -0.2) is 0 Å². The number of carbonyl (C=O) groups is 2. The van der Waals surface area contributed by atoms with E-state index in [2.05, 4.69) is 103 Å². The number of phenolic OH excluding ortho intramolecular Hbond substituents is 2. The molecule has 2 unspecified atom stereocenters. The van der Waals surface area contributed by atoms with Gasteiger partial charge in [-0.3, -0.25) is 9.98 Å². The molecule has 0 amide bonds. The zero-order valence-electron chi connectivity index (χ0n) is 32.2. The summed E-state index contributed by atoms with van der Waals surface area (Å²) >= 11 is 0. The molecule has 1 aliphatic rings. The van der Waals surface area contributed by atoms with Gasteiger partial charge in [0.15, 0.2) is 0 Å². The third-order valence-electron chi connectivity index (χ3n) is 8.09. The molecule has 8 nitrogen and oxygen atoms in total. The Morgan fingerprint density at radius 1 is 0.633 bits per heavy atom. The SMILES string of the molecule is CC(=O)[O-].CC(=O)[O-].C[Si](C)(C)c1cc(C=NC2CCCC(N=Cc3cc([Si](C)(C)C)cc([Si](C)(C)C)c3O)C2)c(O)c([Si](C)(C)C)c1.[Co+2]. The summed E-state index contributed by atoms with van der Waals surface area (Å²) in [6.07, 6.45) is 7.96. The summed E-state index contributed by atoms with van der Waals surface area (Å²) < 4.78 is 0. The molecular formula is C36H60CoN2O6Si4. The molecule has 2 N–H and O–H groups in total. The van der Waals surface area contributed by atoms with E-state index in [9.17, 15) is 10.2 Å². The summed E-state index contributed by atoms with van der Waals surface area (Å²) in [6.45, 7) is 29.9. The number of hydrogen-bond donors (Lipinski definition) is 2. The number of nitrogens with zero attached hydrogens (tertiary/aromatic N) is 2. The Hall–Kier alpha value is -2.31. The molecule has 1 radical (unpaired) electrons. The van der Waals surface area contributed by atoms with Crippen molar-refractivity contribution in [2.24, 2.45) is 9.98 Å². The number of aliphatic carboxylic acids is 2. The maximum atomic E-state index is 11.2. The largest absolute Gasteiger partial charge is 2.00 e. The van der Waals surface area contributed by atoms with Crippen LogP contribution >= 0.6 is 0 Å². The van der Waals surface area contributed by atoms with Crippen LogP contribution < -0.4 is 31.0 Å². The zero-order chi connectivity index (χ0) is 37.4. The molecule has 3 rings (SSSR count). The first kappa shape index (κ1) is 46.7. The predicted molar refractivity (Wildman–Crippen MR) is 211 cm³/mol. The number of aromatic hydroxyl groups is 2. The van der Waals surface area contributed by atoms with Gasteiger partial charge >= 0.3 is 16.8 Å². The number of aliphatic imine (C=N–C) groups is 2.